The van der Waals surface area contributed by atoms with Gasteiger partial charge in [-0.15, -0.1) is 0 Å². The summed E-state index contributed by atoms with van der Waals surface area (Å²) in [4.78, 5) is 21.9. The molecule has 1 amide bonds. The Balaban J connectivity index is 2.15. The summed E-state index contributed by atoms with van der Waals surface area (Å²) in [6, 6.07) is 5.18. The van der Waals surface area contributed by atoms with Crippen LogP contribution in [0.25, 0.3) is 0 Å². The van der Waals surface area contributed by atoms with Gasteiger partial charge in [-0.05, 0) is 48.9 Å². The topological polar surface area (TPSA) is 131 Å². The van der Waals surface area contributed by atoms with Gasteiger partial charge in [0, 0.05) is 18.2 Å². The summed E-state index contributed by atoms with van der Waals surface area (Å²) in [6.45, 7) is 1.74. The largest absolute Gasteiger partial charge is 0.491 e. The molecule has 0 radical (unpaired) electrons. The summed E-state index contributed by atoms with van der Waals surface area (Å²) >= 11 is 0. The van der Waals surface area contributed by atoms with E-state index >= 15 is 0 Å². The highest BCUT2D eigenvalue weighted by molar-refractivity contribution is 7.92. The highest BCUT2D eigenvalue weighted by Gasteiger charge is 2.32. The molecule has 0 aliphatic carbocycles. The maximum atomic E-state index is 14.6. The number of benzene rings is 3. The second-order valence-electron chi connectivity index (χ2n) is 8.23. The monoisotopic (exact) mass is 606 g/mol. The number of sulfonamides is 1. The van der Waals surface area contributed by atoms with Crippen molar-refractivity contribution >= 4 is 27.6 Å². The van der Waals surface area contributed by atoms with Crippen LogP contribution in [0, 0.1) is 17.5 Å². The van der Waals surface area contributed by atoms with E-state index in [1.54, 1.807) is 6.92 Å². The molecule has 3 rings (SSSR count). The van der Waals surface area contributed by atoms with Crippen LogP contribution in [-0.4, -0.2) is 39.1 Å². The van der Waals surface area contributed by atoms with Gasteiger partial charge in [-0.2, -0.15) is 17.6 Å². The van der Waals surface area contributed by atoms with Crippen LogP contribution < -0.4 is 19.5 Å². The number of alkyl halides is 3. The zero-order valence-electron chi connectivity index (χ0n) is 21.0. The molecule has 0 saturated heterocycles. The van der Waals surface area contributed by atoms with Gasteiger partial charge in [0.05, 0.1) is 24.8 Å². The third kappa shape index (κ3) is 7.19. The smallest absolute Gasteiger partial charge is 0.416 e. The predicted octanol–water partition coefficient (Wildman–Crippen LogP) is 5.10. The number of aliphatic carboxylic acids is 1. The van der Waals surface area contributed by atoms with Gasteiger partial charge in [0.25, 0.3) is 15.9 Å². The Morgan fingerprint density at radius 3 is 2.27 bits per heavy atom. The number of rotatable bonds is 10. The molecule has 16 heteroatoms. The zero-order chi connectivity index (χ0) is 30.7. The molecule has 0 spiro atoms. The molecule has 220 valence electrons. The molecule has 3 N–H and O–H groups in total. The van der Waals surface area contributed by atoms with E-state index in [2.05, 4.69) is 10.1 Å². The number of nitrogens with one attached hydrogen (secondary N) is 2. The predicted molar refractivity (Wildman–Crippen MR) is 131 cm³/mol. The number of carbonyl (C=O) groups excluding carboxylic acids is 1. The van der Waals surface area contributed by atoms with E-state index in [9.17, 15) is 44.3 Å². The molecule has 0 saturated carbocycles. The first-order valence-corrected chi connectivity index (χ1v) is 12.8. The molecule has 9 nitrogen and oxygen atoms in total. The fourth-order valence-electron chi connectivity index (χ4n) is 3.53. The Bertz CT molecular complexity index is 1610. The quantitative estimate of drug-likeness (QED) is 0.216. The van der Waals surface area contributed by atoms with E-state index in [4.69, 9.17) is 9.84 Å². The average molecular weight is 606 g/mol. The minimum atomic E-state index is -5.17. The Labute approximate surface area is 228 Å². The van der Waals surface area contributed by atoms with Crippen molar-refractivity contribution < 1.29 is 58.9 Å². The number of carboxylic acids is 1. The fourth-order valence-corrected chi connectivity index (χ4v) is 4.67. The van der Waals surface area contributed by atoms with Crippen molar-refractivity contribution in [3.8, 4) is 17.2 Å². The lowest BCUT2D eigenvalue weighted by Crippen LogP contribution is -2.23. The number of carbonyl (C=O) groups is 2. The second kappa shape index (κ2) is 12.0. The molecule has 3 aromatic rings. The van der Waals surface area contributed by atoms with Crippen molar-refractivity contribution in [1.82, 2.24) is 5.32 Å². The van der Waals surface area contributed by atoms with Gasteiger partial charge < -0.3 is 19.9 Å². The normalized spacial score (nSPS) is 11.6. The number of amides is 1. The Hall–Kier alpha value is -4.47. The molecule has 0 atom stereocenters. The molecule has 0 aliphatic rings. The third-order valence-corrected chi connectivity index (χ3v) is 6.64. The summed E-state index contributed by atoms with van der Waals surface area (Å²) < 4.78 is 121. The molecule has 0 aliphatic heterocycles. The Kier molecular flexibility index (Phi) is 9.06. The standard InChI is InChI=1S/C25H20F6N2O7S/c1-3-32-24(36)13-4-5-18(40-15-7-12(8-20(34)35)6-14(10-15)25(29,30)31)17(9-13)33-41(37,38)19-11-16(26)23(39-2)22(28)21(19)27/h4-7,9-11,33H,3,8H2,1-2H3,(H,32,36)(H,34,35). The van der Waals surface area contributed by atoms with Crippen LogP contribution in [0.4, 0.5) is 32.0 Å². The lowest BCUT2D eigenvalue weighted by atomic mass is 10.1. The average Bonchev–Trinajstić information content (AvgIpc) is 2.86. The van der Waals surface area contributed by atoms with E-state index in [1.807, 2.05) is 4.72 Å². The summed E-state index contributed by atoms with van der Waals surface area (Å²) in [6.07, 6.45) is -5.73. The van der Waals surface area contributed by atoms with Gasteiger partial charge in [-0.1, -0.05) is 0 Å². The molecule has 0 fully saturated rings. The van der Waals surface area contributed by atoms with Crippen molar-refractivity contribution in [3.05, 3.63) is 76.6 Å². The zero-order valence-corrected chi connectivity index (χ0v) is 21.8. The van der Waals surface area contributed by atoms with Gasteiger partial charge in [0.2, 0.25) is 5.82 Å². The molecule has 0 heterocycles. The fraction of sp³-hybridized carbons (Fsp3) is 0.200. The van der Waals surface area contributed by atoms with Gasteiger partial charge in [-0.3, -0.25) is 14.3 Å². The second-order valence-corrected chi connectivity index (χ2v) is 9.88. The summed E-state index contributed by atoms with van der Waals surface area (Å²) in [5, 5.41) is 11.4. The minimum absolute atomic E-state index is 0.138. The van der Waals surface area contributed by atoms with Crippen molar-refractivity contribution in [3.63, 3.8) is 0 Å². The van der Waals surface area contributed by atoms with Crippen molar-refractivity contribution in [2.24, 2.45) is 0 Å². The molecule has 41 heavy (non-hydrogen) atoms. The van der Waals surface area contributed by atoms with Gasteiger partial charge >= 0.3 is 12.1 Å². The van der Waals surface area contributed by atoms with Crippen LogP contribution in [-0.2, 0) is 27.4 Å². The van der Waals surface area contributed by atoms with Crippen molar-refractivity contribution in [2.45, 2.75) is 24.4 Å². The van der Waals surface area contributed by atoms with Crippen LogP contribution in [0.3, 0.4) is 0 Å². The van der Waals surface area contributed by atoms with Crippen LogP contribution in [0.5, 0.6) is 17.2 Å². The lowest BCUT2D eigenvalue weighted by Gasteiger charge is -2.17. The van der Waals surface area contributed by atoms with Crippen LogP contribution in [0.15, 0.2) is 47.4 Å². The molecular formula is C25H20F6N2O7S. The van der Waals surface area contributed by atoms with E-state index in [1.165, 1.54) is 0 Å². The maximum Gasteiger partial charge on any atom is 0.416 e. The SMILES string of the molecule is CCNC(=O)c1ccc(Oc2cc(CC(=O)O)cc(C(F)(F)F)c2)c(NS(=O)(=O)c2cc(F)c(OC)c(F)c2F)c1. The number of anilines is 1. The maximum absolute atomic E-state index is 14.6. The van der Waals surface area contributed by atoms with E-state index < -0.39 is 85.3 Å². The van der Waals surface area contributed by atoms with Gasteiger partial charge in [0.1, 0.15) is 10.6 Å². The summed E-state index contributed by atoms with van der Waals surface area (Å²) in [7, 11) is -4.35. The highest BCUT2D eigenvalue weighted by Crippen LogP contribution is 2.38. The Morgan fingerprint density at radius 2 is 1.68 bits per heavy atom. The number of methoxy groups -OCH3 is 1. The van der Waals surface area contributed by atoms with Crippen LogP contribution in [0.2, 0.25) is 0 Å². The lowest BCUT2D eigenvalue weighted by molar-refractivity contribution is -0.138. The summed E-state index contributed by atoms with van der Waals surface area (Å²) in [5.41, 5.74) is -2.41. The van der Waals surface area contributed by atoms with E-state index in [0.717, 1.165) is 31.4 Å². The molecular weight excluding hydrogens is 586 g/mol. The van der Waals surface area contributed by atoms with Gasteiger partial charge in [-0.25, -0.2) is 17.2 Å². The van der Waals surface area contributed by atoms with Crippen molar-refractivity contribution in [1.29, 1.82) is 0 Å². The van der Waals surface area contributed by atoms with Crippen LogP contribution >= 0.6 is 0 Å². The summed E-state index contributed by atoms with van der Waals surface area (Å²) in [5.74, 6) is -9.97. The molecule has 3 aromatic carbocycles. The van der Waals surface area contributed by atoms with Crippen LogP contribution in [0.1, 0.15) is 28.4 Å². The number of carboxylic acid groups (broad SMARTS) is 1. The number of ether oxygens (including phenoxy) is 2. The number of halogens is 6. The van der Waals surface area contributed by atoms with E-state index in [-0.39, 0.29) is 23.7 Å². The van der Waals surface area contributed by atoms with Gasteiger partial charge in [0.15, 0.2) is 23.1 Å². The number of hydrogen-bond donors (Lipinski definition) is 3. The third-order valence-electron chi connectivity index (χ3n) is 5.28. The molecule has 0 unspecified atom stereocenters. The van der Waals surface area contributed by atoms with Crippen molar-refractivity contribution in [2.75, 3.05) is 18.4 Å². The first-order chi connectivity index (χ1) is 19.1. The first-order valence-electron chi connectivity index (χ1n) is 11.3. The highest BCUT2D eigenvalue weighted by atomic mass is 32.2. The molecule has 0 bridgehead atoms. The Morgan fingerprint density at radius 1 is 1.00 bits per heavy atom. The molecule has 0 aromatic heterocycles. The minimum Gasteiger partial charge on any atom is -0.491 e. The number of hydrogen-bond acceptors (Lipinski definition) is 6. The van der Waals surface area contributed by atoms with E-state index in [0.29, 0.717) is 12.1 Å². The first kappa shape index (κ1) is 31.1.